The van der Waals surface area contributed by atoms with E-state index in [0.29, 0.717) is 0 Å². The normalized spacial score (nSPS) is 11.6. The minimum Gasteiger partial charge on any atom is -0.456 e. The number of benzene rings is 9. The van der Waals surface area contributed by atoms with Crippen LogP contribution in [0.4, 0.5) is 17.1 Å². The summed E-state index contributed by atoms with van der Waals surface area (Å²) in [6.45, 7) is 0. The van der Waals surface area contributed by atoms with Crippen LogP contribution < -0.4 is 4.90 Å². The van der Waals surface area contributed by atoms with Gasteiger partial charge in [0, 0.05) is 37.6 Å². The first-order valence-corrected chi connectivity index (χ1v) is 19.5. The molecule has 0 saturated heterocycles. The third-order valence-corrected chi connectivity index (χ3v) is 12.1. The average Bonchev–Trinajstić information content (AvgIpc) is 3.83. The molecule has 3 heteroatoms. The maximum absolute atomic E-state index is 6.42. The van der Waals surface area contributed by atoms with Crippen LogP contribution in [0.3, 0.4) is 0 Å². The zero-order chi connectivity index (χ0) is 36.3. The smallest absolute Gasteiger partial charge is 0.136 e. The molecule has 11 aromatic rings. The minimum absolute atomic E-state index is 0.888. The van der Waals surface area contributed by atoms with E-state index < -0.39 is 0 Å². The second kappa shape index (κ2) is 12.9. The first-order chi connectivity index (χ1) is 27.3. The number of rotatable bonds is 6. The number of nitrogens with zero attached hydrogens (tertiary/aromatic N) is 1. The van der Waals surface area contributed by atoms with Crippen LogP contribution in [0.25, 0.3) is 86.3 Å². The van der Waals surface area contributed by atoms with Gasteiger partial charge in [0.05, 0.1) is 10.4 Å². The molecule has 0 radical (unpaired) electrons. The third kappa shape index (κ3) is 5.32. The fraction of sp³-hybridized carbons (Fsp3) is 0. The van der Waals surface area contributed by atoms with Gasteiger partial charge in [-0.2, -0.15) is 0 Å². The third-order valence-electron chi connectivity index (χ3n) is 10.9. The van der Waals surface area contributed by atoms with Crippen molar-refractivity contribution >= 4 is 81.3 Å². The van der Waals surface area contributed by atoms with E-state index >= 15 is 0 Å². The highest BCUT2D eigenvalue weighted by atomic mass is 32.1. The molecular formula is C52H33NOS. The molecule has 2 nitrogen and oxygen atoms in total. The molecule has 0 N–H and O–H groups in total. The molecule has 2 heterocycles. The zero-order valence-corrected chi connectivity index (χ0v) is 30.6. The Morgan fingerprint density at radius 1 is 0.382 bits per heavy atom. The first kappa shape index (κ1) is 31.6. The SMILES string of the molecule is c1ccc(-c2ccc(N(c3ccc(-c4ccc5ccccc5c4)cc3)c3cccc4c3sc3ccccc34)cc2-c2cccc3oc4ccccc4c23)cc1. The molecule has 55 heavy (non-hydrogen) atoms. The summed E-state index contributed by atoms with van der Waals surface area (Å²) in [5, 5.41) is 7.30. The Morgan fingerprint density at radius 3 is 1.96 bits per heavy atom. The lowest BCUT2D eigenvalue weighted by molar-refractivity contribution is 0.669. The van der Waals surface area contributed by atoms with Gasteiger partial charge in [0.25, 0.3) is 0 Å². The number of anilines is 3. The molecule has 0 spiro atoms. The number of furan rings is 1. The summed E-state index contributed by atoms with van der Waals surface area (Å²) in [6, 6.07) is 72.3. The number of hydrogen-bond acceptors (Lipinski definition) is 3. The van der Waals surface area contributed by atoms with Crippen LogP contribution in [0.2, 0.25) is 0 Å². The predicted molar refractivity (Wildman–Crippen MR) is 235 cm³/mol. The standard InChI is InChI=1S/C52H33NOS/c1-2-13-36(14-3-1)41-31-30-40(33-46(41)43-18-11-22-49-51(43)45-17-6-8-21-48(45)54-49)53(47-20-10-19-44-42-16-7-9-23-50(42)55-52(44)47)39-28-26-35(27-29-39)38-25-24-34-12-4-5-15-37(34)32-38/h1-33H. The first-order valence-electron chi connectivity index (χ1n) is 18.7. The quantitative estimate of drug-likeness (QED) is 0.170. The van der Waals surface area contributed by atoms with E-state index in [2.05, 4.69) is 199 Å². The van der Waals surface area contributed by atoms with E-state index in [0.717, 1.165) is 50.1 Å². The fourth-order valence-corrected chi connectivity index (χ4v) is 9.48. The topological polar surface area (TPSA) is 16.4 Å². The number of hydrogen-bond donors (Lipinski definition) is 0. The van der Waals surface area contributed by atoms with E-state index in [1.54, 1.807) is 0 Å². The second-order valence-corrected chi connectivity index (χ2v) is 15.1. The van der Waals surface area contributed by atoms with E-state index in [1.807, 2.05) is 17.4 Å². The molecule has 9 aromatic carbocycles. The second-order valence-electron chi connectivity index (χ2n) is 14.1. The van der Waals surface area contributed by atoms with Crippen molar-refractivity contribution in [1.82, 2.24) is 0 Å². The minimum atomic E-state index is 0.888. The summed E-state index contributed by atoms with van der Waals surface area (Å²) < 4.78 is 8.97. The number of thiophene rings is 1. The van der Waals surface area contributed by atoms with Gasteiger partial charge in [0.2, 0.25) is 0 Å². The molecule has 0 aliphatic carbocycles. The van der Waals surface area contributed by atoms with E-state index in [9.17, 15) is 0 Å². The Morgan fingerprint density at radius 2 is 1.07 bits per heavy atom. The van der Waals surface area contributed by atoms with Gasteiger partial charge in [0.15, 0.2) is 0 Å². The van der Waals surface area contributed by atoms with Gasteiger partial charge in [-0.25, -0.2) is 0 Å². The van der Waals surface area contributed by atoms with Crippen LogP contribution in [-0.4, -0.2) is 0 Å². The lowest BCUT2D eigenvalue weighted by Gasteiger charge is -2.27. The molecule has 258 valence electrons. The van der Waals surface area contributed by atoms with Crippen LogP contribution >= 0.6 is 11.3 Å². The van der Waals surface area contributed by atoms with Crippen LogP contribution in [0.1, 0.15) is 0 Å². The van der Waals surface area contributed by atoms with Gasteiger partial charge in [-0.1, -0.05) is 146 Å². The van der Waals surface area contributed by atoms with Crippen LogP contribution in [0, 0.1) is 0 Å². The van der Waals surface area contributed by atoms with Gasteiger partial charge in [-0.3, -0.25) is 0 Å². The largest absolute Gasteiger partial charge is 0.456 e. The van der Waals surface area contributed by atoms with Crippen LogP contribution in [0.5, 0.6) is 0 Å². The van der Waals surface area contributed by atoms with Gasteiger partial charge < -0.3 is 9.32 Å². The van der Waals surface area contributed by atoms with Crippen molar-refractivity contribution in [2.24, 2.45) is 0 Å². The van der Waals surface area contributed by atoms with Crippen molar-refractivity contribution in [3.05, 3.63) is 200 Å². The molecule has 11 rings (SSSR count). The summed E-state index contributed by atoms with van der Waals surface area (Å²) in [5.41, 5.74) is 12.2. The highest BCUT2D eigenvalue weighted by Gasteiger charge is 2.22. The fourth-order valence-electron chi connectivity index (χ4n) is 8.27. The average molecular weight is 720 g/mol. The molecule has 0 atom stereocenters. The lowest BCUT2D eigenvalue weighted by Crippen LogP contribution is -2.10. The van der Waals surface area contributed by atoms with Crippen molar-refractivity contribution in [3.8, 4) is 33.4 Å². The highest BCUT2D eigenvalue weighted by molar-refractivity contribution is 7.26. The van der Waals surface area contributed by atoms with Crippen LogP contribution in [0.15, 0.2) is 205 Å². The summed E-state index contributed by atoms with van der Waals surface area (Å²) in [7, 11) is 0. The lowest BCUT2D eigenvalue weighted by atomic mass is 9.91. The molecule has 0 saturated carbocycles. The van der Waals surface area contributed by atoms with E-state index in [-0.39, 0.29) is 0 Å². The van der Waals surface area contributed by atoms with Crippen molar-refractivity contribution in [2.45, 2.75) is 0 Å². The highest BCUT2D eigenvalue weighted by Crippen LogP contribution is 2.48. The molecule has 0 fully saturated rings. The van der Waals surface area contributed by atoms with Gasteiger partial charge in [-0.05, 0) is 98.8 Å². The molecule has 0 amide bonds. The maximum Gasteiger partial charge on any atom is 0.136 e. The Hall–Kier alpha value is -6.94. The predicted octanol–water partition coefficient (Wildman–Crippen LogP) is 15.6. The Labute approximate surface area is 322 Å². The molecule has 0 bridgehead atoms. The Balaban J connectivity index is 1.15. The molecule has 0 unspecified atom stereocenters. The number of fused-ring (bicyclic) bond motifs is 7. The zero-order valence-electron chi connectivity index (χ0n) is 29.8. The van der Waals surface area contributed by atoms with Crippen molar-refractivity contribution < 1.29 is 4.42 Å². The summed E-state index contributed by atoms with van der Waals surface area (Å²) >= 11 is 1.86. The summed E-state index contributed by atoms with van der Waals surface area (Å²) in [4.78, 5) is 2.44. The molecular weight excluding hydrogens is 687 g/mol. The summed E-state index contributed by atoms with van der Waals surface area (Å²) in [5.74, 6) is 0. The molecule has 2 aromatic heterocycles. The molecule has 0 aliphatic heterocycles. The van der Waals surface area contributed by atoms with Crippen molar-refractivity contribution in [1.29, 1.82) is 0 Å². The van der Waals surface area contributed by atoms with Gasteiger partial charge >= 0.3 is 0 Å². The van der Waals surface area contributed by atoms with Crippen LogP contribution in [-0.2, 0) is 0 Å². The Kier molecular flexibility index (Phi) is 7.39. The maximum atomic E-state index is 6.42. The summed E-state index contributed by atoms with van der Waals surface area (Å²) in [6.07, 6.45) is 0. The van der Waals surface area contributed by atoms with Gasteiger partial charge in [-0.15, -0.1) is 11.3 Å². The number of para-hydroxylation sites is 1. The van der Waals surface area contributed by atoms with Crippen molar-refractivity contribution in [2.75, 3.05) is 4.90 Å². The van der Waals surface area contributed by atoms with E-state index in [1.165, 1.54) is 53.2 Å². The monoisotopic (exact) mass is 719 g/mol. The Bertz CT molecular complexity index is 3210. The van der Waals surface area contributed by atoms with E-state index in [4.69, 9.17) is 4.42 Å². The van der Waals surface area contributed by atoms with Crippen molar-refractivity contribution in [3.63, 3.8) is 0 Å². The van der Waals surface area contributed by atoms with Gasteiger partial charge in [0.1, 0.15) is 11.2 Å². The molecule has 0 aliphatic rings.